The predicted molar refractivity (Wildman–Crippen MR) is 74.3 cm³/mol. The van der Waals surface area contributed by atoms with Crippen LogP contribution >= 0.6 is 0 Å². The number of nitrogens with zero attached hydrogens (tertiary/aromatic N) is 5. The molecule has 0 spiro atoms. The van der Waals surface area contributed by atoms with E-state index in [1.807, 2.05) is 28.9 Å². The molecule has 1 aliphatic carbocycles. The van der Waals surface area contributed by atoms with E-state index in [1.54, 1.807) is 12.4 Å². The quantitative estimate of drug-likeness (QED) is 0.782. The van der Waals surface area contributed by atoms with Crippen molar-refractivity contribution < 1.29 is 0 Å². The third-order valence-corrected chi connectivity index (χ3v) is 3.44. The Hall–Kier alpha value is -2.50. The van der Waals surface area contributed by atoms with E-state index in [9.17, 15) is 0 Å². The normalized spacial score (nSPS) is 14.6. The number of rotatable bonds is 4. The Balaban J connectivity index is 1.55. The molecule has 1 saturated carbocycles. The monoisotopic (exact) mass is 266 g/mol. The molecule has 0 atom stereocenters. The molecule has 20 heavy (non-hydrogen) atoms. The van der Waals surface area contributed by atoms with Crippen LogP contribution in [0.4, 0.5) is 5.82 Å². The molecule has 6 nitrogen and oxygen atoms in total. The third kappa shape index (κ3) is 2.09. The lowest BCUT2D eigenvalue weighted by atomic mass is 10.3. The fourth-order valence-electron chi connectivity index (χ4n) is 2.21. The molecule has 0 aliphatic heterocycles. The summed E-state index contributed by atoms with van der Waals surface area (Å²) in [5.74, 6) is 2.38. The van der Waals surface area contributed by atoms with Gasteiger partial charge in [-0.2, -0.15) is 5.10 Å². The van der Waals surface area contributed by atoms with Crippen LogP contribution in [-0.2, 0) is 6.54 Å². The van der Waals surface area contributed by atoms with E-state index in [4.69, 9.17) is 0 Å². The van der Waals surface area contributed by atoms with Gasteiger partial charge in [-0.1, -0.05) is 0 Å². The van der Waals surface area contributed by atoms with Gasteiger partial charge in [0, 0.05) is 24.4 Å². The first-order chi connectivity index (χ1) is 9.90. The lowest BCUT2D eigenvalue weighted by Crippen LogP contribution is -2.08. The van der Waals surface area contributed by atoms with Gasteiger partial charge in [-0.05, 0) is 25.0 Å². The van der Waals surface area contributed by atoms with Gasteiger partial charge >= 0.3 is 0 Å². The van der Waals surface area contributed by atoms with Crippen molar-refractivity contribution in [3.8, 4) is 0 Å². The molecule has 0 amide bonds. The van der Waals surface area contributed by atoms with Crippen LogP contribution in [-0.4, -0.2) is 24.6 Å². The van der Waals surface area contributed by atoms with Crippen LogP contribution in [0.25, 0.3) is 5.65 Å². The van der Waals surface area contributed by atoms with Crippen LogP contribution in [0.2, 0.25) is 0 Å². The molecule has 4 rings (SSSR count). The molecule has 1 N–H and O–H groups in total. The molecule has 3 aromatic rings. The van der Waals surface area contributed by atoms with Crippen LogP contribution in [0.5, 0.6) is 0 Å². The summed E-state index contributed by atoms with van der Waals surface area (Å²) in [6, 6.07) is 5.74. The molecule has 0 radical (unpaired) electrons. The van der Waals surface area contributed by atoms with Crippen molar-refractivity contribution in [2.24, 2.45) is 0 Å². The Morgan fingerprint density at radius 1 is 1.10 bits per heavy atom. The second-order valence-electron chi connectivity index (χ2n) is 4.97. The zero-order chi connectivity index (χ0) is 13.4. The number of nitrogens with one attached hydrogen (secondary N) is 1. The lowest BCUT2D eigenvalue weighted by Gasteiger charge is -2.08. The third-order valence-electron chi connectivity index (χ3n) is 3.44. The highest BCUT2D eigenvalue weighted by Crippen LogP contribution is 2.38. The number of hydrogen-bond donors (Lipinski definition) is 1. The zero-order valence-electron chi connectivity index (χ0n) is 10.9. The highest BCUT2D eigenvalue weighted by atomic mass is 15.3. The van der Waals surface area contributed by atoms with Gasteiger partial charge in [0.25, 0.3) is 0 Å². The number of anilines is 1. The molecule has 1 aliphatic rings. The van der Waals surface area contributed by atoms with E-state index in [2.05, 4.69) is 25.4 Å². The molecule has 0 aromatic carbocycles. The SMILES string of the molecule is c1cc(NCc2ccnc3ccnn23)nc(C2CC2)n1. The molecular formula is C14H14N6. The highest BCUT2D eigenvalue weighted by Gasteiger charge is 2.26. The maximum Gasteiger partial charge on any atom is 0.155 e. The molecule has 100 valence electrons. The maximum atomic E-state index is 4.55. The molecule has 0 saturated heterocycles. The van der Waals surface area contributed by atoms with E-state index < -0.39 is 0 Å². The Kier molecular flexibility index (Phi) is 2.58. The van der Waals surface area contributed by atoms with Crippen LogP contribution < -0.4 is 5.32 Å². The fourth-order valence-corrected chi connectivity index (χ4v) is 2.21. The van der Waals surface area contributed by atoms with Gasteiger partial charge in [0.15, 0.2) is 5.65 Å². The first-order valence-electron chi connectivity index (χ1n) is 6.74. The van der Waals surface area contributed by atoms with Crippen molar-refractivity contribution in [2.45, 2.75) is 25.3 Å². The van der Waals surface area contributed by atoms with Crippen molar-refractivity contribution in [3.05, 3.63) is 48.3 Å². The molecule has 1 fully saturated rings. The molecular weight excluding hydrogens is 252 g/mol. The Morgan fingerprint density at radius 3 is 2.90 bits per heavy atom. The predicted octanol–water partition coefficient (Wildman–Crippen LogP) is 2.01. The topological polar surface area (TPSA) is 68.0 Å². The molecule has 3 aromatic heterocycles. The summed E-state index contributed by atoms with van der Waals surface area (Å²) in [7, 11) is 0. The van der Waals surface area contributed by atoms with Gasteiger partial charge in [0.05, 0.1) is 18.4 Å². The van der Waals surface area contributed by atoms with Gasteiger partial charge in [-0.3, -0.25) is 0 Å². The Labute approximate surface area is 115 Å². The van der Waals surface area contributed by atoms with Gasteiger partial charge in [0.1, 0.15) is 11.6 Å². The molecule has 3 heterocycles. The van der Waals surface area contributed by atoms with Gasteiger partial charge in [0.2, 0.25) is 0 Å². The van der Waals surface area contributed by atoms with Crippen LogP contribution in [0, 0.1) is 0 Å². The first kappa shape index (κ1) is 11.3. The molecule has 0 unspecified atom stereocenters. The summed E-state index contributed by atoms with van der Waals surface area (Å²) < 4.78 is 1.83. The smallest absolute Gasteiger partial charge is 0.155 e. The number of hydrogen-bond acceptors (Lipinski definition) is 5. The average molecular weight is 266 g/mol. The van der Waals surface area contributed by atoms with Crippen molar-refractivity contribution in [1.29, 1.82) is 0 Å². The van der Waals surface area contributed by atoms with Gasteiger partial charge in [-0.15, -0.1) is 0 Å². The minimum atomic E-state index is 0.565. The largest absolute Gasteiger partial charge is 0.364 e. The van der Waals surface area contributed by atoms with E-state index >= 15 is 0 Å². The summed E-state index contributed by atoms with van der Waals surface area (Å²) in [6.07, 6.45) is 7.79. The van der Waals surface area contributed by atoms with Gasteiger partial charge in [-0.25, -0.2) is 19.5 Å². The summed E-state index contributed by atoms with van der Waals surface area (Å²) in [4.78, 5) is 13.1. The van der Waals surface area contributed by atoms with Crippen LogP contribution in [0.1, 0.15) is 30.3 Å². The maximum absolute atomic E-state index is 4.55. The summed E-state index contributed by atoms with van der Waals surface area (Å²) >= 11 is 0. The molecule has 6 heteroatoms. The minimum absolute atomic E-state index is 0.565. The first-order valence-corrected chi connectivity index (χ1v) is 6.74. The summed E-state index contributed by atoms with van der Waals surface area (Å²) in [5.41, 5.74) is 1.90. The highest BCUT2D eigenvalue weighted by molar-refractivity contribution is 5.39. The number of aromatic nitrogens is 5. The standard InChI is InChI=1S/C14H14N6/c1-2-10(1)14-16-7-4-12(19-14)17-9-11-3-6-15-13-5-8-18-20(11)13/h3-8,10H,1-2,9H2,(H,16,17,19). The minimum Gasteiger partial charge on any atom is -0.364 e. The van der Waals surface area contributed by atoms with Crippen molar-refractivity contribution >= 4 is 11.5 Å². The van der Waals surface area contributed by atoms with E-state index in [-0.39, 0.29) is 0 Å². The molecule has 0 bridgehead atoms. The Morgan fingerprint density at radius 2 is 2.00 bits per heavy atom. The number of fused-ring (bicyclic) bond motifs is 1. The average Bonchev–Trinajstić information content (AvgIpc) is 3.23. The summed E-state index contributed by atoms with van der Waals surface area (Å²) in [5, 5.41) is 7.59. The lowest BCUT2D eigenvalue weighted by molar-refractivity contribution is 0.847. The van der Waals surface area contributed by atoms with Crippen LogP contribution in [0.15, 0.2) is 36.8 Å². The van der Waals surface area contributed by atoms with E-state index in [0.29, 0.717) is 12.5 Å². The second-order valence-corrected chi connectivity index (χ2v) is 4.97. The van der Waals surface area contributed by atoms with Crippen molar-refractivity contribution in [1.82, 2.24) is 24.6 Å². The Bertz CT molecular complexity index is 746. The second kappa shape index (κ2) is 4.56. The van der Waals surface area contributed by atoms with E-state index in [0.717, 1.165) is 23.0 Å². The fraction of sp³-hybridized carbons (Fsp3) is 0.286. The zero-order valence-corrected chi connectivity index (χ0v) is 10.9. The van der Waals surface area contributed by atoms with Crippen LogP contribution in [0.3, 0.4) is 0 Å². The van der Waals surface area contributed by atoms with E-state index in [1.165, 1.54) is 12.8 Å². The van der Waals surface area contributed by atoms with Crippen molar-refractivity contribution in [2.75, 3.05) is 5.32 Å². The summed E-state index contributed by atoms with van der Waals surface area (Å²) in [6.45, 7) is 0.655. The van der Waals surface area contributed by atoms with Crippen molar-refractivity contribution in [3.63, 3.8) is 0 Å². The van der Waals surface area contributed by atoms with Gasteiger partial charge < -0.3 is 5.32 Å².